The number of ketones is 1. The van der Waals surface area contributed by atoms with Gasteiger partial charge >= 0.3 is 5.97 Å². The van der Waals surface area contributed by atoms with Crippen LogP contribution in [-0.4, -0.2) is 36.2 Å². The van der Waals surface area contributed by atoms with Gasteiger partial charge in [0, 0.05) is 35.7 Å². The third kappa shape index (κ3) is 4.95. The first-order valence-electron chi connectivity index (χ1n) is 9.24. The van der Waals surface area contributed by atoms with E-state index >= 15 is 0 Å². The van der Waals surface area contributed by atoms with E-state index in [0.717, 1.165) is 5.56 Å². The van der Waals surface area contributed by atoms with Crippen LogP contribution in [0.1, 0.15) is 34.8 Å². The van der Waals surface area contributed by atoms with Gasteiger partial charge in [-0.05, 0) is 36.8 Å². The number of nitrogens with zero attached hydrogens (tertiary/aromatic N) is 1. The highest BCUT2D eigenvalue weighted by Crippen LogP contribution is 2.26. The van der Waals surface area contributed by atoms with Crippen molar-refractivity contribution >= 4 is 29.3 Å². The number of rotatable bonds is 7. The van der Waals surface area contributed by atoms with Crippen LogP contribution < -0.4 is 4.74 Å². The van der Waals surface area contributed by atoms with Crippen molar-refractivity contribution in [1.29, 1.82) is 0 Å². The van der Waals surface area contributed by atoms with E-state index in [2.05, 4.69) is 0 Å². The molecule has 1 heterocycles. The fourth-order valence-corrected chi connectivity index (χ4v) is 3.49. The molecule has 1 amide bonds. The van der Waals surface area contributed by atoms with E-state index in [1.165, 1.54) is 14.0 Å². The normalized spacial score (nSPS) is 16.0. The standard InChI is InChI=1S/C22H22ClNO5/c1-14(25)15-7-8-20(28-2)18(9-15)13-29-22(27)17-10-21(26)24(12-17)11-16-5-3-4-6-19(16)23/h3-9,17H,10-13H2,1-2H3/t17-/m0/s1. The largest absolute Gasteiger partial charge is 0.496 e. The molecule has 1 aliphatic heterocycles. The molecule has 0 bridgehead atoms. The van der Waals surface area contributed by atoms with Crippen LogP contribution in [0.25, 0.3) is 0 Å². The van der Waals surface area contributed by atoms with Crippen molar-refractivity contribution in [2.75, 3.05) is 13.7 Å². The lowest BCUT2D eigenvalue weighted by atomic mass is 10.1. The average molecular weight is 416 g/mol. The molecule has 1 saturated heterocycles. The molecule has 0 unspecified atom stereocenters. The van der Waals surface area contributed by atoms with Crippen molar-refractivity contribution < 1.29 is 23.9 Å². The quantitative estimate of drug-likeness (QED) is 0.510. The Labute approximate surface area is 174 Å². The molecule has 152 valence electrons. The maximum atomic E-state index is 12.5. The molecule has 0 radical (unpaired) electrons. The summed E-state index contributed by atoms with van der Waals surface area (Å²) in [6.45, 7) is 2.08. The molecule has 0 spiro atoms. The third-order valence-electron chi connectivity index (χ3n) is 4.92. The lowest BCUT2D eigenvalue weighted by Gasteiger charge is -2.17. The molecule has 0 saturated carbocycles. The lowest BCUT2D eigenvalue weighted by Crippen LogP contribution is -2.26. The van der Waals surface area contributed by atoms with Gasteiger partial charge in [-0.15, -0.1) is 0 Å². The van der Waals surface area contributed by atoms with Gasteiger partial charge in [-0.1, -0.05) is 29.8 Å². The summed E-state index contributed by atoms with van der Waals surface area (Å²) in [5, 5.41) is 0.587. The van der Waals surface area contributed by atoms with Crippen LogP contribution in [0.5, 0.6) is 5.75 Å². The number of carbonyl (C=O) groups excluding carboxylic acids is 3. The van der Waals surface area contributed by atoms with E-state index in [0.29, 0.717) is 28.4 Å². The summed E-state index contributed by atoms with van der Waals surface area (Å²) in [6, 6.07) is 12.3. The number of benzene rings is 2. The smallest absolute Gasteiger partial charge is 0.311 e. The Morgan fingerprint density at radius 3 is 2.62 bits per heavy atom. The average Bonchev–Trinajstić information content (AvgIpc) is 3.08. The molecule has 29 heavy (non-hydrogen) atoms. The van der Waals surface area contributed by atoms with Gasteiger partial charge in [0.2, 0.25) is 5.91 Å². The predicted octanol–water partition coefficient (Wildman–Crippen LogP) is 3.64. The van der Waals surface area contributed by atoms with Crippen LogP contribution >= 0.6 is 11.6 Å². The van der Waals surface area contributed by atoms with Crippen molar-refractivity contribution in [3.05, 3.63) is 64.2 Å². The Kier molecular flexibility index (Phi) is 6.54. The molecule has 1 atom stereocenters. The van der Waals surface area contributed by atoms with Gasteiger partial charge in [0.15, 0.2) is 5.78 Å². The summed E-state index contributed by atoms with van der Waals surface area (Å²) < 4.78 is 10.7. The zero-order valence-corrected chi connectivity index (χ0v) is 17.1. The highest BCUT2D eigenvalue weighted by Gasteiger charge is 2.35. The molecule has 3 rings (SSSR count). The number of carbonyl (C=O) groups is 3. The number of Topliss-reactive ketones (excluding diaryl/α,β-unsaturated/α-hetero) is 1. The van der Waals surface area contributed by atoms with Gasteiger partial charge < -0.3 is 14.4 Å². The van der Waals surface area contributed by atoms with Gasteiger partial charge in [-0.25, -0.2) is 0 Å². The summed E-state index contributed by atoms with van der Waals surface area (Å²) in [7, 11) is 1.51. The Hall–Kier alpha value is -2.86. The molecular formula is C22H22ClNO5. The molecule has 2 aromatic carbocycles. The summed E-state index contributed by atoms with van der Waals surface area (Å²) >= 11 is 6.16. The Morgan fingerprint density at radius 2 is 1.93 bits per heavy atom. The zero-order chi connectivity index (χ0) is 21.0. The van der Waals surface area contributed by atoms with Crippen molar-refractivity contribution in [1.82, 2.24) is 4.90 Å². The molecule has 1 aliphatic rings. The molecular weight excluding hydrogens is 394 g/mol. The first-order chi connectivity index (χ1) is 13.9. The minimum absolute atomic E-state index is 0.0294. The van der Waals surface area contributed by atoms with Gasteiger partial charge in [0.1, 0.15) is 12.4 Å². The van der Waals surface area contributed by atoms with Crippen molar-refractivity contribution in [3.63, 3.8) is 0 Å². The first-order valence-corrected chi connectivity index (χ1v) is 9.62. The third-order valence-corrected chi connectivity index (χ3v) is 5.29. The van der Waals surface area contributed by atoms with E-state index in [1.807, 2.05) is 18.2 Å². The van der Waals surface area contributed by atoms with Crippen molar-refractivity contribution in [2.45, 2.75) is 26.5 Å². The molecule has 7 heteroatoms. The van der Waals surface area contributed by atoms with Crippen LogP contribution in [0.4, 0.5) is 0 Å². The summed E-state index contributed by atoms with van der Waals surface area (Å²) in [5.74, 6) is -0.646. The van der Waals surface area contributed by atoms with Crippen LogP contribution in [-0.2, 0) is 27.5 Å². The molecule has 1 fully saturated rings. The second kappa shape index (κ2) is 9.09. The number of hydrogen-bond donors (Lipinski definition) is 0. The van der Waals surface area contributed by atoms with E-state index in [1.54, 1.807) is 29.2 Å². The van der Waals surface area contributed by atoms with E-state index < -0.39 is 11.9 Å². The van der Waals surface area contributed by atoms with Crippen LogP contribution in [0.3, 0.4) is 0 Å². The highest BCUT2D eigenvalue weighted by molar-refractivity contribution is 6.31. The molecule has 0 aliphatic carbocycles. The first kappa shape index (κ1) is 20.9. The molecule has 0 aromatic heterocycles. The topological polar surface area (TPSA) is 72.9 Å². The number of halogens is 1. The van der Waals surface area contributed by atoms with Gasteiger partial charge in [0.05, 0.1) is 13.0 Å². The Balaban J connectivity index is 1.62. The van der Waals surface area contributed by atoms with E-state index in [-0.39, 0.29) is 31.3 Å². The summed E-state index contributed by atoms with van der Waals surface area (Å²) in [4.78, 5) is 38.0. The zero-order valence-electron chi connectivity index (χ0n) is 16.3. The fourth-order valence-electron chi connectivity index (χ4n) is 3.29. The second-order valence-corrected chi connectivity index (χ2v) is 7.36. The Bertz CT molecular complexity index is 943. The number of amides is 1. The van der Waals surface area contributed by atoms with Crippen LogP contribution in [0, 0.1) is 5.92 Å². The summed E-state index contributed by atoms with van der Waals surface area (Å²) in [6.07, 6.45) is 0.105. The lowest BCUT2D eigenvalue weighted by molar-refractivity contribution is -0.149. The number of methoxy groups -OCH3 is 1. The number of ether oxygens (including phenoxy) is 2. The maximum absolute atomic E-state index is 12.5. The highest BCUT2D eigenvalue weighted by atomic mass is 35.5. The predicted molar refractivity (Wildman–Crippen MR) is 108 cm³/mol. The van der Waals surface area contributed by atoms with Crippen molar-refractivity contribution in [3.8, 4) is 5.75 Å². The van der Waals surface area contributed by atoms with Crippen molar-refractivity contribution in [2.24, 2.45) is 5.92 Å². The van der Waals surface area contributed by atoms with Gasteiger partial charge in [-0.2, -0.15) is 0 Å². The van der Waals surface area contributed by atoms with E-state index in [4.69, 9.17) is 21.1 Å². The van der Waals surface area contributed by atoms with Gasteiger partial charge in [-0.3, -0.25) is 14.4 Å². The van der Waals surface area contributed by atoms with Gasteiger partial charge in [0.25, 0.3) is 0 Å². The van der Waals surface area contributed by atoms with Crippen LogP contribution in [0.15, 0.2) is 42.5 Å². The second-order valence-electron chi connectivity index (χ2n) is 6.96. The minimum atomic E-state index is -0.535. The SMILES string of the molecule is COc1ccc(C(C)=O)cc1COC(=O)[C@H]1CC(=O)N(Cc2ccccc2Cl)C1. The minimum Gasteiger partial charge on any atom is -0.496 e. The van der Waals surface area contributed by atoms with E-state index in [9.17, 15) is 14.4 Å². The molecule has 0 N–H and O–H groups in total. The number of esters is 1. The number of likely N-dealkylation sites (tertiary alicyclic amines) is 1. The Morgan fingerprint density at radius 1 is 1.17 bits per heavy atom. The molecule has 6 nitrogen and oxygen atoms in total. The fraction of sp³-hybridized carbons (Fsp3) is 0.318. The monoisotopic (exact) mass is 415 g/mol. The van der Waals surface area contributed by atoms with Crippen LogP contribution in [0.2, 0.25) is 5.02 Å². The maximum Gasteiger partial charge on any atom is 0.311 e. The number of hydrogen-bond acceptors (Lipinski definition) is 5. The summed E-state index contributed by atoms with van der Waals surface area (Å²) in [5.41, 5.74) is 1.95. The molecule has 2 aromatic rings.